The summed E-state index contributed by atoms with van der Waals surface area (Å²) >= 11 is 0. The first kappa shape index (κ1) is 14.7. The number of carbonyl (C=O) groups excluding carboxylic acids is 1. The molecule has 0 aromatic carbocycles. The lowest BCUT2D eigenvalue weighted by molar-refractivity contribution is -0.127. The Kier molecular flexibility index (Phi) is 7.74. The zero-order valence-corrected chi connectivity index (χ0v) is 10.2. The molecular formula is C10H21ClN2O2. The predicted octanol–water partition coefficient (Wildman–Crippen LogP) is 0.559. The van der Waals surface area contributed by atoms with Crippen LogP contribution in [0.4, 0.5) is 0 Å². The third-order valence-corrected chi connectivity index (χ3v) is 2.30. The summed E-state index contributed by atoms with van der Waals surface area (Å²) in [6.07, 6.45) is 1.28. The summed E-state index contributed by atoms with van der Waals surface area (Å²) in [6, 6.07) is 0. The molecule has 1 unspecified atom stereocenters. The summed E-state index contributed by atoms with van der Waals surface area (Å²) in [7, 11) is 0. The molecule has 1 rings (SSSR count). The summed E-state index contributed by atoms with van der Waals surface area (Å²) in [4.78, 5) is 11.2. The zero-order valence-electron chi connectivity index (χ0n) is 9.41. The molecule has 15 heavy (non-hydrogen) atoms. The van der Waals surface area contributed by atoms with Gasteiger partial charge in [-0.15, -0.1) is 12.4 Å². The van der Waals surface area contributed by atoms with E-state index in [1.807, 2.05) is 13.8 Å². The Morgan fingerprint density at radius 1 is 1.60 bits per heavy atom. The summed E-state index contributed by atoms with van der Waals surface area (Å²) in [5.74, 6) is 0.587. The maximum atomic E-state index is 11.2. The first-order valence-corrected chi connectivity index (χ1v) is 5.27. The quantitative estimate of drug-likeness (QED) is 0.734. The van der Waals surface area contributed by atoms with Gasteiger partial charge in [0.25, 0.3) is 0 Å². The lowest BCUT2D eigenvalue weighted by Crippen LogP contribution is -2.33. The molecule has 1 atom stereocenters. The van der Waals surface area contributed by atoms with Crippen molar-refractivity contribution in [2.24, 2.45) is 5.92 Å². The molecule has 4 nitrogen and oxygen atoms in total. The molecule has 1 saturated heterocycles. The van der Waals surface area contributed by atoms with Gasteiger partial charge >= 0.3 is 0 Å². The third-order valence-electron chi connectivity index (χ3n) is 2.30. The van der Waals surface area contributed by atoms with E-state index < -0.39 is 0 Å². The zero-order chi connectivity index (χ0) is 10.4. The molecule has 0 aliphatic carbocycles. The van der Waals surface area contributed by atoms with Gasteiger partial charge in [0, 0.05) is 6.54 Å². The van der Waals surface area contributed by atoms with Crippen LogP contribution in [-0.2, 0) is 9.53 Å². The predicted molar refractivity (Wildman–Crippen MR) is 62.3 cm³/mol. The second kappa shape index (κ2) is 7.91. The molecule has 1 heterocycles. The lowest BCUT2D eigenvalue weighted by Gasteiger charge is -2.11. The van der Waals surface area contributed by atoms with Crippen LogP contribution in [0.2, 0.25) is 0 Å². The molecule has 5 heteroatoms. The number of amides is 1. The second-order valence-corrected chi connectivity index (χ2v) is 4.02. The topological polar surface area (TPSA) is 50.4 Å². The molecule has 0 bridgehead atoms. The van der Waals surface area contributed by atoms with E-state index in [1.54, 1.807) is 0 Å². The van der Waals surface area contributed by atoms with Crippen LogP contribution < -0.4 is 10.6 Å². The van der Waals surface area contributed by atoms with Gasteiger partial charge in [0.05, 0.1) is 6.10 Å². The lowest BCUT2D eigenvalue weighted by atomic mass is 10.1. The summed E-state index contributed by atoms with van der Waals surface area (Å²) < 4.78 is 5.19. The average Bonchev–Trinajstić information content (AvgIpc) is 2.63. The van der Waals surface area contributed by atoms with Crippen molar-refractivity contribution >= 4 is 18.3 Å². The second-order valence-electron chi connectivity index (χ2n) is 4.02. The summed E-state index contributed by atoms with van der Waals surface area (Å²) in [5.41, 5.74) is 0. The third kappa shape index (κ3) is 6.71. The SMILES string of the molecule is CC(C)OCC(=O)NCC1CCNC1.Cl. The van der Waals surface area contributed by atoms with Crippen LogP contribution in [0.25, 0.3) is 0 Å². The van der Waals surface area contributed by atoms with Gasteiger partial charge in [-0.2, -0.15) is 0 Å². The Morgan fingerprint density at radius 3 is 2.87 bits per heavy atom. The van der Waals surface area contributed by atoms with Crippen molar-refractivity contribution in [1.29, 1.82) is 0 Å². The highest BCUT2D eigenvalue weighted by Crippen LogP contribution is 2.04. The van der Waals surface area contributed by atoms with Crippen molar-refractivity contribution in [3.8, 4) is 0 Å². The molecule has 1 fully saturated rings. The molecule has 1 amide bonds. The smallest absolute Gasteiger partial charge is 0.246 e. The van der Waals surface area contributed by atoms with Gasteiger partial charge in [-0.25, -0.2) is 0 Å². The van der Waals surface area contributed by atoms with Crippen molar-refractivity contribution in [1.82, 2.24) is 10.6 Å². The Labute approximate surface area is 97.5 Å². The van der Waals surface area contributed by atoms with Crippen LogP contribution >= 0.6 is 12.4 Å². The highest BCUT2D eigenvalue weighted by atomic mass is 35.5. The van der Waals surface area contributed by atoms with Crippen LogP contribution in [0.15, 0.2) is 0 Å². The van der Waals surface area contributed by atoms with Crippen LogP contribution in [0.1, 0.15) is 20.3 Å². The standard InChI is InChI=1S/C10H20N2O2.ClH/c1-8(2)14-7-10(13)12-6-9-3-4-11-5-9;/h8-9,11H,3-7H2,1-2H3,(H,12,13);1H. The number of rotatable bonds is 5. The van der Waals surface area contributed by atoms with Crippen molar-refractivity contribution in [2.75, 3.05) is 26.2 Å². The largest absolute Gasteiger partial charge is 0.369 e. The van der Waals surface area contributed by atoms with Crippen LogP contribution in [0, 0.1) is 5.92 Å². The minimum atomic E-state index is -0.00870. The Hall–Kier alpha value is -0.320. The number of halogens is 1. The Bertz CT molecular complexity index is 182. The monoisotopic (exact) mass is 236 g/mol. The molecule has 0 aromatic rings. The van der Waals surface area contributed by atoms with E-state index in [0.29, 0.717) is 5.92 Å². The van der Waals surface area contributed by atoms with Crippen molar-refractivity contribution in [3.05, 3.63) is 0 Å². The van der Waals surface area contributed by atoms with Gasteiger partial charge < -0.3 is 15.4 Å². The van der Waals surface area contributed by atoms with Gasteiger partial charge in [0.1, 0.15) is 6.61 Å². The number of hydrogen-bond donors (Lipinski definition) is 2. The van der Waals surface area contributed by atoms with Gasteiger partial charge in [0.2, 0.25) is 5.91 Å². The molecule has 90 valence electrons. The van der Waals surface area contributed by atoms with E-state index in [2.05, 4.69) is 10.6 Å². The number of hydrogen-bond acceptors (Lipinski definition) is 3. The molecule has 0 radical (unpaired) electrons. The maximum Gasteiger partial charge on any atom is 0.246 e. The highest BCUT2D eigenvalue weighted by Gasteiger charge is 2.14. The molecule has 1 aliphatic heterocycles. The van der Waals surface area contributed by atoms with Crippen molar-refractivity contribution in [2.45, 2.75) is 26.4 Å². The van der Waals surface area contributed by atoms with E-state index in [9.17, 15) is 4.79 Å². The normalized spacial score (nSPS) is 20.1. The molecule has 0 spiro atoms. The van der Waals surface area contributed by atoms with Crippen LogP contribution in [0.5, 0.6) is 0 Å². The van der Waals surface area contributed by atoms with Crippen LogP contribution in [-0.4, -0.2) is 38.3 Å². The molecule has 0 saturated carbocycles. The molecule has 1 aliphatic rings. The van der Waals surface area contributed by atoms with E-state index >= 15 is 0 Å². The summed E-state index contributed by atoms with van der Waals surface area (Å²) in [5, 5.41) is 6.14. The fourth-order valence-electron chi connectivity index (χ4n) is 1.44. The van der Waals surface area contributed by atoms with Gasteiger partial charge in [0.15, 0.2) is 0 Å². The van der Waals surface area contributed by atoms with E-state index in [1.165, 1.54) is 0 Å². The first-order chi connectivity index (χ1) is 6.68. The van der Waals surface area contributed by atoms with E-state index in [4.69, 9.17) is 4.74 Å². The minimum absolute atomic E-state index is 0. The van der Waals surface area contributed by atoms with Gasteiger partial charge in [-0.1, -0.05) is 0 Å². The molecule has 2 N–H and O–H groups in total. The van der Waals surface area contributed by atoms with Crippen LogP contribution in [0.3, 0.4) is 0 Å². The van der Waals surface area contributed by atoms with E-state index in [0.717, 1.165) is 26.1 Å². The highest BCUT2D eigenvalue weighted by molar-refractivity contribution is 5.85. The Morgan fingerprint density at radius 2 is 2.33 bits per heavy atom. The number of carbonyl (C=O) groups is 1. The molecule has 0 aromatic heterocycles. The first-order valence-electron chi connectivity index (χ1n) is 5.27. The van der Waals surface area contributed by atoms with Crippen molar-refractivity contribution < 1.29 is 9.53 Å². The summed E-state index contributed by atoms with van der Waals surface area (Å²) in [6.45, 7) is 6.89. The fourth-order valence-corrected chi connectivity index (χ4v) is 1.44. The van der Waals surface area contributed by atoms with Gasteiger partial charge in [-0.3, -0.25) is 4.79 Å². The number of nitrogens with one attached hydrogen (secondary N) is 2. The Balaban J connectivity index is 0.00000196. The van der Waals surface area contributed by atoms with Gasteiger partial charge in [-0.05, 0) is 39.3 Å². The average molecular weight is 237 g/mol. The maximum absolute atomic E-state index is 11.2. The fraction of sp³-hybridized carbons (Fsp3) is 0.900. The molecular weight excluding hydrogens is 216 g/mol. The van der Waals surface area contributed by atoms with E-state index in [-0.39, 0.29) is 31.0 Å². The minimum Gasteiger partial charge on any atom is -0.369 e. The number of ether oxygens (including phenoxy) is 1. The van der Waals surface area contributed by atoms with Crippen molar-refractivity contribution in [3.63, 3.8) is 0 Å².